The second kappa shape index (κ2) is 47.5. The molecule has 0 saturated carbocycles. The number of methoxy groups -OCH3 is 4. The Bertz CT molecular complexity index is 4700. The van der Waals surface area contributed by atoms with E-state index in [9.17, 15) is 24.0 Å². The number of ether oxygens (including phenoxy) is 15. The average molecular weight is 1670 g/mol. The van der Waals surface area contributed by atoms with Crippen molar-refractivity contribution in [2.75, 3.05) is 87.9 Å². The van der Waals surface area contributed by atoms with Gasteiger partial charge in [-0.1, -0.05) is 61.2 Å². The van der Waals surface area contributed by atoms with E-state index >= 15 is 0 Å². The highest BCUT2D eigenvalue weighted by Gasteiger charge is 2.52. The summed E-state index contributed by atoms with van der Waals surface area (Å²) in [6.45, 7) is 12.5. The zero-order chi connectivity index (χ0) is 84.9. The number of fused-ring (bicyclic) bond motifs is 2. The summed E-state index contributed by atoms with van der Waals surface area (Å²) in [5, 5.41) is 0. The van der Waals surface area contributed by atoms with E-state index < -0.39 is 66.5 Å². The molecule has 2 unspecified atom stereocenters. The zero-order valence-corrected chi connectivity index (χ0v) is 67.2. The van der Waals surface area contributed by atoms with Crippen LogP contribution < -0.4 is 47.7 Å². The van der Waals surface area contributed by atoms with E-state index in [1.165, 1.54) is 24.3 Å². The van der Waals surface area contributed by atoms with Gasteiger partial charge in [-0.2, -0.15) is 9.78 Å². The summed E-state index contributed by atoms with van der Waals surface area (Å²) >= 11 is 0. The highest BCUT2D eigenvalue weighted by molar-refractivity contribution is 5.93. The fraction of sp³-hybridized carbons (Fsp3) is 0.308. The average Bonchev–Trinajstić information content (AvgIpc) is 1.65. The molecule has 0 aromatic heterocycles. The minimum Gasteiger partial charge on any atom is -0.497 e. The SMILES string of the molecule is C=CCOOCCCOc1ccc(COOc2ccc(OC(=O)c3ccc(OCCCOC(=O)C=C)cc3)cc2C)cc1.COc1ccc(COO[C@H]2CO[C@@H]3C(OC(=O)c4ccc(OC)cc4)CO[C@H]23)cc1.COc1ccc(COOc2ccc(COO[C@H]3CO[C@@H]4C(OC(=O)c5ccc(OC(=O)c6ccc(OC)cc6)cc5)CO[C@H]34)cc2)cc1. The van der Waals surface area contributed by atoms with Crippen LogP contribution in [-0.2, 0) is 103 Å². The van der Waals surface area contributed by atoms with Gasteiger partial charge >= 0.3 is 29.8 Å². The van der Waals surface area contributed by atoms with Crippen LogP contribution in [0.3, 0.4) is 0 Å². The van der Waals surface area contributed by atoms with Crippen molar-refractivity contribution in [3.63, 3.8) is 0 Å². The Morgan fingerprint density at radius 3 is 1.12 bits per heavy atom. The zero-order valence-electron chi connectivity index (χ0n) is 67.2. The van der Waals surface area contributed by atoms with E-state index in [0.717, 1.165) is 51.1 Å². The summed E-state index contributed by atoms with van der Waals surface area (Å²) in [5.41, 5.74) is 5.85. The maximum Gasteiger partial charge on any atom is 0.343 e. The van der Waals surface area contributed by atoms with E-state index in [4.69, 9.17) is 120 Å². The van der Waals surface area contributed by atoms with Gasteiger partial charge in [0.15, 0.2) is 23.7 Å². The number of hydrogen-bond donors (Lipinski definition) is 0. The largest absolute Gasteiger partial charge is 0.497 e. The quantitative estimate of drug-likeness (QED) is 0.00501. The van der Waals surface area contributed by atoms with E-state index in [1.54, 1.807) is 138 Å². The van der Waals surface area contributed by atoms with E-state index in [2.05, 4.69) is 13.2 Å². The van der Waals surface area contributed by atoms with Gasteiger partial charge in [-0.25, -0.2) is 53.3 Å². The molecule has 9 aromatic rings. The first kappa shape index (κ1) is 89.5. The topological polar surface area (TPSA) is 316 Å². The molecule has 0 bridgehead atoms. The fourth-order valence-electron chi connectivity index (χ4n) is 12.0. The van der Waals surface area contributed by atoms with E-state index in [0.29, 0.717) is 97.1 Å². The normalized spacial score (nSPS) is 17.7. The third kappa shape index (κ3) is 27.9. The maximum atomic E-state index is 12.9. The third-order valence-electron chi connectivity index (χ3n) is 18.5. The number of esters is 5. The molecule has 0 radical (unpaired) electrons. The lowest BCUT2D eigenvalue weighted by molar-refractivity contribution is -0.341. The van der Waals surface area contributed by atoms with Gasteiger partial charge in [0.2, 0.25) is 0 Å². The van der Waals surface area contributed by atoms with E-state index in [-0.39, 0.29) is 76.4 Å². The van der Waals surface area contributed by atoms with Crippen LogP contribution in [0.1, 0.15) is 82.1 Å². The molecule has 4 aliphatic rings. The van der Waals surface area contributed by atoms with Gasteiger partial charge in [0, 0.05) is 18.9 Å². The highest BCUT2D eigenvalue weighted by Crippen LogP contribution is 2.35. The Morgan fingerprint density at radius 2 is 0.702 bits per heavy atom. The summed E-state index contributed by atoms with van der Waals surface area (Å²) in [6, 6.07) is 60.7. The third-order valence-corrected chi connectivity index (χ3v) is 18.5. The number of carbonyl (C=O) groups is 5. The monoisotopic (exact) mass is 1670 g/mol. The Hall–Kier alpha value is -12.3. The minimum absolute atomic E-state index is 0.153. The number of benzene rings is 9. The van der Waals surface area contributed by atoms with Crippen LogP contribution in [0.5, 0.6) is 57.5 Å². The lowest BCUT2D eigenvalue weighted by Gasteiger charge is -2.17. The minimum atomic E-state index is -0.622. The molecule has 0 aliphatic carbocycles. The van der Waals surface area contributed by atoms with Crippen LogP contribution in [0.2, 0.25) is 0 Å². The van der Waals surface area contributed by atoms with Crippen molar-refractivity contribution >= 4 is 29.8 Å². The van der Waals surface area contributed by atoms with Crippen LogP contribution in [0.15, 0.2) is 238 Å². The van der Waals surface area contributed by atoms with Crippen molar-refractivity contribution in [2.45, 2.75) is 95.0 Å². The lowest BCUT2D eigenvalue weighted by atomic mass is 10.1. The number of hydrogen-bond acceptors (Lipinski definition) is 30. The van der Waals surface area contributed by atoms with Crippen molar-refractivity contribution in [1.82, 2.24) is 0 Å². The van der Waals surface area contributed by atoms with Crippen molar-refractivity contribution in [2.24, 2.45) is 0 Å². The predicted octanol–water partition coefficient (Wildman–Crippen LogP) is 13.9. The molecular formula is C91H94O30. The van der Waals surface area contributed by atoms with Gasteiger partial charge in [-0.15, -0.1) is 6.58 Å². The van der Waals surface area contributed by atoms with Crippen LogP contribution >= 0.6 is 0 Å². The Labute approximate surface area is 698 Å². The molecule has 4 fully saturated rings. The second-order valence-electron chi connectivity index (χ2n) is 26.9. The molecule has 8 atom stereocenters. The molecule has 13 rings (SSSR count). The molecule has 4 aliphatic heterocycles. The molecular weight excluding hydrogens is 1570 g/mol. The first-order chi connectivity index (χ1) is 59.1. The summed E-state index contributed by atoms with van der Waals surface area (Å²) in [5.74, 6) is 3.38. The van der Waals surface area contributed by atoms with Crippen molar-refractivity contribution in [1.29, 1.82) is 0 Å². The molecule has 638 valence electrons. The molecule has 30 nitrogen and oxygen atoms in total. The van der Waals surface area contributed by atoms with Gasteiger partial charge in [0.25, 0.3) is 0 Å². The van der Waals surface area contributed by atoms with Crippen molar-refractivity contribution in [3.05, 3.63) is 288 Å². The highest BCUT2D eigenvalue weighted by atomic mass is 17.2. The lowest BCUT2D eigenvalue weighted by Crippen LogP contribution is -2.35. The number of aryl methyl sites for hydroxylation is 1. The van der Waals surface area contributed by atoms with Crippen LogP contribution in [0.4, 0.5) is 0 Å². The molecule has 0 amide bonds. The standard InChI is InChI=1S/C36H34O12.C33H36O10.C22H24O8/c1-39-27-11-3-23(4-12-27)19-43-47-30-13-5-24(6-14-30)20-44-48-32-22-42-33-31(21-41-34(32)33)46-36(38)26-9-17-29(18-10-26)45-35(37)25-7-15-28(40-2)16-8-25;1-4-18-39-40-22-7-20-37-28-12-8-26(9-13-28)24-41-43-31-17-16-30(23-25(31)3)42-33(35)27-10-14-29(15-11-27)36-19-6-21-38-32(34)5-2;1-24-16-7-3-14(4-8-16)11-28-30-19-13-27-20-18(12-26-21(19)20)29-22(23)15-5-9-17(25-2)10-6-15/h3-18,31-34H,19-22H2,1-2H3;4-5,8-17,23H,1-2,6-7,18-22,24H2,3H3;3-10,18-21H,11-13H2,1-2H3/t31?,32-,33+,34+;;18?,19-,20+,21+/m0.0/s1. The Kier molecular flexibility index (Phi) is 35.1. The van der Waals surface area contributed by atoms with Crippen LogP contribution in [0, 0.1) is 6.92 Å². The van der Waals surface area contributed by atoms with Crippen LogP contribution in [0.25, 0.3) is 0 Å². The maximum absolute atomic E-state index is 12.9. The first-order valence-corrected chi connectivity index (χ1v) is 38.6. The van der Waals surface area contributed by atoms with Crippen LogP contribution in [-0.4, -0.2) is 167 Å². The first-order valence-electron chi connectivity index (χ1n) is 38.6. The second-order valence-corrected chi connectivity index (χ2v) is 26.9. The van der Waals surface area contributed by atoms with Crippen molar-refractivity contribution < 1.29 is 144 Å². The van der Waals surface area contributed by atoms with Gasteiger partial charge in [0.05, 0.1) is 104 Å². The number of carbonyl (C=O) groups excluding carboxylic acids is 5. The van der Waals surface area contributed by atoms with Crippen molar-refractivity contribution in [3.8, 4) is 57.5 Å². The summed E-state index contributed by atoms with van der Waals surface area (Å²) in [6.07, 6.45) is 0.243. The molecule has 4 saturated heterocycles. The Morgan fingerprint density at radius 1 is 0.355 bits per heavy atom. The predicted molar refractivity (Wildman–Crippen MR) is 430 cm³/mol. The molecule has 0 N–H and O–H groups in total. The van der Waals surface area contributed by atoms with E-state index in [1.807, 2.05) is 91.9 Å². The molecule has 30 heteroatoms. The molecule has 0 spiro atoms. The molecule has 9 aromatic carbocycles. The smallest absolute Gasteiger partial charge is 0.343 e. The van der Waals surface area contributed by atoms with Gasteiger partial charge < -0.3 is 80.8 Å². The molecule has 4 heterocycles. The van der Waals surface area contributed by atoms with Gasteiger partial charge in [-0.3, -0.25) is 0 Å². The Balaban J connectivity index is 0.000000182. The molecule has 121 heavy (non-hydrogen) atoms. The van der Waals surface area contributed by atoms with Gasteiger partial charge in [-0.05, 0) is 199 Å². The number of rotatable bonds is 42. The van der Waals surface area contributed by atoms with Gasteiger partial charge in [0.1, 0.15) is 116 Å². The summed E-state index contributed by atoms with van der Waals surface area (Å²) < 4.78 is 82.0. The fourth-order valence-corrected chi connectivity index (χ4v) is 12.0. The summed E-state index contributed by atoms with van der Waals surface area (Å²) in [7, 11) is 6.35. The summed E-state index contributed by atoms with van der Waals surface area (Å²) in [4.78, 5) is 115.